The van der Waals surface area contributed by atoms with E-state index in [1.165, 1.54) is 24.8 Å². The van der Waals surface area contributed by atoms with Crippen LogP contribution in [0.3, 0.4) is 0 Å². The second kappa shape index (κ2) is 6.29. The van der Waals surface area contributed by atoms with Gasteiger partial charge in [-0.05, 0) is 55.4 Å². The van der Waals surface area contributed by atoms with Gasteiger partial charge in [0.1, 0.15) is 11.5 Å². The summed E-state index contributed by atoms with van der Waals surface area (Å²) in [6.45, 7) is 2.04. The van der Waals surface area contributed by atoms with Gasteiger partial charge in [0.05, 0.1) is 14.2 Å². The summed E-state index contributed by atoms with van der Waals surface area (Å²) in [5, 5.41) is 0. The number of ether oxygens (including phenoxy) is 2. The highest BCUT2D eigenvalue weighted by Gasteiger charge is 2.23. The molecule has 0 saturated heterocycles. The van der Waals surface area contributed by atoms with Crippen LogP contribution < -0.4 is 15.2 Å². The molecule has 0 spiro atoms. The van der Waals surface area contributed by atoms with Crippen molar-refractivity contribution in [2.45, 2.75) is 45.1 Å². The molecule has 1 aromatic carbocycles. The number of nitrogens with two attached hydrogens (primary N) is 1. The Bertz CT molecular complexity index is 431. The molecule has 3 heteroatoms. The summed E-state index contributed by atoms with van der Waals surface area (Å²) < 4.78 is 10.9. The summed E-state index contributed by atoms with van der Waals surface area (Å²) in [5.74, 6) is 2.45. The lowest BCUT2D eigenvalue weighted by molar-refractivity contribution is 0.301. The van der Waals surface area contributed by atoms with Crippen molar-refractivity contribution in [1.82, 2.24) is 0 Å². The molecule has 1 fully saturated rings. The van der Waals surface area contributed by atoms with Gasteiger partial charge in [-0.2, -0.15) is 0 Å². The summed E-state index contributed by atoms with van der Waals surface area (Å²) in [6.07, 6.45) is 5.92. The van der Waals surface area contributed by atoms with Crippen LogP contribution in [0.2, 0.25) is 0 Å². The van der Waals surface area contributed by atoms with Gasteiger partial charge in [0.15, 0.2) is 0 Å². The zero-order chi connectivity index (χ0) is 13.8. The molecular formula is C16H25NO2. The SMILES string of the molecule is COc1cc(CC2CCCCC2N)c(OC)cc1C. The number of rotatable bonds is 4. The predicted octanol–water partition coefficient (Wildman–Crippen LogP) is 3.07. The average molecular weight is 263 g/mol. The fourth-order valence-corrected chi connectivity index (χ4v) is 3.05. The summed E-state index contributed by atoms with van der Waals surface area (Å²) >= 11 is 0. The summed E-state index contributed by atoms with van der Waals surface area (Å²) in [6, 6.07) is 4.49. The van der Waals surface area contributed by atoms with E-state index in [1.807, 2.05) is 6.92 Å². The van der Waals surface area contributed by atoms with E-state index >= 15 is 0 Å². The largest absolute Gasteiger partial charge is 0.496 e. The van der Waals surface area contributed by atoms with E-state index in [4.69, 9.17) is 15.2 Å². The zero-order valence-electron chi connectivity index (χ0n) is 12.2. The van der Waals surface area contributed by atoms with Gasteiger partial charge in [-0.1, -0.05) is 12.8 Å². The third-order valence-corrected chi connectivity index (χ3v) is 4.25. The Morgan fingerprint density at radius 2 is 1.79 bits per heavy atom. The van der Waals surface area contributed by atoms with Crippen LogP contribution in [-0.2, 0) is 6.42 Å². The van der Waals surface area contributed by atoms with Crippen LogP contribution in [0.4, 0.5) is 0 Å². The first kappa shape index (κ1) is 14.2. The van der Waals surface area contributed by atoms with Crippen molar-refractivity contribution in [2.75, 3.05) is 14.2 Å². The van der Waals surface area contributed by atoms with Crippen LogP contribution in [0, 0.1) is 12.8 Å². The molecule has 3 nitrogen and oxygen atoms in total. The van der Waals surface area contributed by atoms with Gasteiger partial charge in [-0.3, -0.25) is 0 Å². The van der Waals surface area contributed by atoms with Crippen LogP contribution in [0.5, 0.6) is 11.5 Å². The van der Waals surface area contributed by atoms with Gasteiger partial charge >= 0.3 is 0 Å². The lowest BCUT2D eigenvalue weighted by atomic mass is 9.81. The van der Waals surface area contributed by atoms with E-state index in [0.29, 0.717) is 12.0 Å². The highest BCUT2D eigenvalue weighted by atomic mass is 16.5. The monoisotopic (exact) mass is 263 g/mol. The second-order valence-electron chi connectivity index (χ2n) is 5.55. The zero-order valence-corrected chi connectivity index (χ0v) is 12.2. The first-order chi connectivity index (χ1) is 9.15. The molecule has 2 unspecified atom stereocenters. The minimum absolute atomic E-state index is 0.325. The molecule has 1 aliphatic rings. The van der Waals surface area contributed by atoms with E-state index in [2.05, 4.69) is 12.1 Å². The average Bonchev–Trinajstić information content (AvgIpc) is 2.42. The number of benzene rings is 1. The molecule has 1 aromatic rings. The molecule has 1 saturated carbocycles. The Kier molecular flexibility index (Phi) is 4.70. The molecule has 2 atom stereocenters. The molecule has 19 heavy (non-hydrogen) atoms. The topological polar surface area (TPSA) is 44.5 Å². The maximum Gasteiger partial charge on any atom is 0.122 e. The van der Waals surface area contributed by atoms with E-state index in [9.17, 15) is 0 Å². The summed E-state index contributed by atoms with van der Waals surface area (Å²) in [5.41, 5.74) is 8.57. The molecule has 2 rings (SSSR count). The van der Waals surface area contributed by atoms with Crippen molar-refractivity contribution in [3.63, 3.8) is 0 Å². The lowest BCUT2D eigenvalue weighted by Gasteiger charge is -2.29. The highest BCUT2D eigenvalue weighted by molar-refractivity contribution is 5.46. The van der Waals surface area contributed by atoms with E-state index in [-0.39, 0.29) is 0 Å². The normalized spacial score (nSPS) is 23.2. The molecule has 2 N–H and O–H groups in total. The van der Waals surface area contributed by atoms with E-state index in [0.717, 1.165) is 29.9 Å². The third-order valence-electron chi connectivity index (χ3n) is 4.25. The number of methoxy groups -OCH3 is 2. The molecule has 0 aromatic heterocycles. The van der Waals surface area contributed by atoms with Gasteiger partial charge in [0, 0.05) is 6.04 Å². The van der Waals surface area contributed by atoms with Crippen LogP contribution in [-0.4, -0.2) is 20.3 Å². The first-order valence-electron chi connectivity index (χ1n) is 7.12. The quantitative estimate of drug-likeness (QED) is 0.908. The van der Waals surface area contributed by atoms with Crippen molar-refractivity contribution >= 4 is 0 Å². The molecule has 0 bridgehead atoms. The Morgan fingerprint density at radius 1 is 1.11 bits per heavy atom. The molecule has 0 amide bonds. The highest BCUT2D eigenvalue weighted by Crippen LogP contribution is 2.33. The number of aryl methyl sites for hydroxylation is 1. The van der Waals surface area contributed by atoms with E-state index in [1.54, 1.807) is 14.2 Å². The predicted molar refractivity (Wildman–Crippen MR) is 77.9 cm³/mol. The molecular weight excluding hydrogens is 238 g/mol. The van der Waals surface area contributed by atoms with Crippen molar-refractivity contribution < 1.29 is 9.47 Å². The molecule has 0 heterocycles. The van der Waals surface area contributed by atoms with Crippen LogP contribution in [0.25, 0.3) is 0 Å². The van der Waals surface area contributed by atoms with Gasteiger partial charge in [0.25, 0.3) is 0 Å². The van der Waals surface area contributed by atoms with E-state index < -0.39 is 0 Å². The van der Waals surface area contributed by atoms with Crippen molar-refractivity contribution in [3.05, 3.63) is 23.3 Å². The van der Waals surface area contributed by atoms with Crippen molar-refractivity contribution in [2.24, 2.45) is 11.7 Å². The maximum absolute atomic E-state index is 6.25. The van der Waals surface area contributed by atoms with Crippen molar-refractivity contribution in [1.29, 1.82) is 0 Å². The third kappa shape index (κ3) is 3.21. The number of hydrogen-bond acceptors (Lipinski definition) is 3. The fraction of sp³-hybridized carbons (Fsp3) is 0.625. The Labute approximate surface area is 116 Å². The van der Waals surface area contributed by atoms with Crippen molar-refractivity contribution in [3.8, 4) is 11.5 Å². The van der Waals surface area contributed by atoms with Crippen LogP contribution in [0.1, 0.15) is 36.8 Å². The minimum atomic E-state index is 0.325. The maximum atomic E-state index is 6.25. The fourth-order valence-electron chi connectivity index (χ4n) is 3.05. The van der Waals surface area contributed by atoms with Gasteiger partial charge < -0.3 is 15.2 Å². The first-order valence-corrected chi connectivity index (χ1v) is 7.12. The molecule has 0 aliphatic heterocycles. The summed E-state index contributed by atoms with van der Waals surface area (Å²) in [7, 11) is 3.44. The molecule has 0 radical (unpaired) electrons. The van der Waals surface area contributed by atoms with Gasteiger partial charge in [-0.15, -0.1) is 0 Å². The second-order valence-corrected chi connectivity index (χ2v) is 5.55. The standard InChI is InChI=1S/C16H25NO2/c1-11-8-16(19-3)13(10-15(11)18-2)9-12-6-4-5-7-14(12)17/h8,10,12,14H,4-7,9,17H2,1-3H3. The van der Waals surface area contributed by atoms with Gasteiger partial charge in [-0.25, -0.2) is 0 Å². The Balaban J connectivity index is 2.22. The van der Waals surface area contributed by atoms with Crippen LogP contribution >= 0.6 is 0 Å². The van der Waals surface area contributed by atoms with Gasteiger partial charge in [0.2, 0.25) is 0 Å². The summed E-state index contributed by atoms with van der Waals surface area (Å²) in [4.78, 5) is 0. The number of hydrogen-bond donors (Lipinski definition) is 1. The molecule has 1 aliphatic carbocycles. The van der Waals surface area contributed by atoms with Crippen LogP contribution in [0.15, 0.2) is 12.1 Å². The Hall–Kier alpha value is -1.22. The minimum Gasteiger partial charge on any atom is -0.496 e. The lowest BCUT2D eigenvalue weighted by Crippen LogP contribution is -2.34. The molecule has 106 valence electrons. The Morgan fingerprint density at radius 3 is 2.42 bits per heavy atom. The smallest absolute Gasteiger partial charge is 0.122 e.